The van der Waals surface area contributed by atoms with Crippen molar-refractivity contribution < 1.29 is 28.6 Å². The van der Waals surface area contributed by atoms with Gasteiger partial charge in [0.2, 0.25) is 0 Å². The summed E-state index contributed by atoms with van der Waals surface area (Å²) in [7, 11) is 0. The summed E-state index contributed by atoms with van der Waals surface area (Å²) in [6.07, 6.45) is 54.2. The predicted molar refractivity (Wildman–Crippen MR) is 247 cm³/mol. The van der Waals surface area contributed by atoms with Gasteiger partial charge in [-0.1, -0.05) is 211 Å². The molecule has 0 aromatic rings. The smallest absolute Gasteiger partial charge is 0.306 e. The molecule has 58 heavy (non-hydrogen) atoms. The van der Waals surface area contributed by atoms with Crippen molar-refractivity contribution in [3.8, 4) is 0 Å². The first-order chi connectivity index (χ1) is 28.5. The molecular formula is C52H94O6. The van der Waals surface area contributed by atoms with Crippen LogP contribution >= 0.6 is 0 Å². The normalized spacial score (nSPS) is 12.3. The Morgan fingerprint density at radius 1 is 0.345 bits per heavy atom. The van der Waals surface area contributed by atoms with Gasteiger partial charge in [-0.25, -0.2) is 0 Å². The van der Waals surface area contributed by atoms with Crippen molar-refractivity contribution in [2.24, 2.45) is 0 Å². The third kappa shape index (κ3) is 44.7. The lowest BCUT2D eigenvalue weighted by molar-refractivity contribution is -0.166. The van der Waals surface area contributed by atoms with Crippen LogP contribution in [0.25, 0.3) is 0 Å². The Balaban J connectivity index is 4.44. The van der Waals surface area contributed by atoms with Crippen LogP contribution in [0.3, 0.4) is 0 Å². The summed E-state index contributed by atoms with van der Waals surface area (Å²) < 4.78 is 16.7. The van der Waals surface area contributed by atoms with E-state index in [9.17, 15) is 14.4 Å². The average Bonchev–Trinajstić information content (AvgIpc) is 3.22. The van der Waals surface area contributed by atoms with Crippen LogP contribution in [0.1, 0.15) is 258 Å². The van der Waals surface area contributed by atoms with E-state index in [2.05, 4.69) is 51.2 Å². The molecule has 0 aromatic heterocycles. The van der Waals surface area contributed by atoms with Crippen molar-refractivity contribution >= 4 is 17.9 Å². The molecule has 0 N–H and O–H groups in total. The molecule has 0 radical (unpaired) electrons. The summed E-state index contributed by atoms with van der Waals surface area (Å²) in [5.74, 6) is -0.974. The Hall–Kier alpha value is -2.37. The van der Waals surface area contributed by atoms with Crippen molar-refractivity contribution in [1.82, 2.24) is 0 Å². The molecule has 0 fully saturated rings. The topological polar surface area (TPSA) is 78.9 Å². The molecule has 1 unspecified atom stereocenters. The predicted octanol–water partition coefficient (Wildman–Crippen LogP) is 16.1. The van der Waals surface area contributed by atoms with E-state index in [-0.39, 0.29) is 37.5 Å². The van der Waals surface area contributed by atoms with Crippen LogP contribution in [-0.2, 0) is 28.6 Å². The summed E-state index contributed by atoms with van der Waals surface area (Å²) in [4.78, 5) is 37.8. The van der Waals surface area contributed by atoms with Gasteiger partial charge in [0.15, 0.2) is 6.10 Å². The van der Waals surface area contributed by atoms with Gasteiger partial charge in [0.05, 0.1) is 0 Å². The van der Waals surface area contributed by atoms with Gasteiger partial charge in [-0.05, 0) is 64.2 Å². The highest BCUT2D eigenvalue weighted by Gasteiger charge is 2.19. The molecule has 0 aromatic carbocycles. The fraction of sp³-hybridized carbons (Fsp3) is 0.827. The van der Waals surface area contributed by atoms with Crippen molar-refractivity contribution in [2.75, 3.05) is 13.2 Å². The zero-order chi connectivity index (χ0) is 42.3. The maximum atomic E-state index is 12.7. The number of ether oxygens (including phenoxy) is 3. The van der Waals surface area contributed by atoms with E-state index in [1.54, 1.807) is 0 Å². The van der Waals surface area contributed by atoms with E-state index < -0.39 is 6.10 Å². The van der Waals surface area contributed by atoms with E-state index in [4.69, 9.17) is 14.2 Å². The largest absolute Gasteiger partial charge is 0.462 e. The van der Waals surface area contributed by atoms with Crippen LogP contribution in [0, 0.1) is 0 Å². The van der Waals surface area contributed by atoms with Crippen molar-refractivity contribution in [2.45, 2.75) is 264 Å². The minimum atomic E-state index is -0.803. The molecule has 0 saturated carbocycles. The molecule has 338 valence electrons. The minimum absolute atomic E-state index is 0.0965. The van der Waals surface area contributed by atoms with Gasteiger partial charge in [-0.15, -0.1) is 0 Å². The van der Waals surface area contributed by atoms with Crippen LogP contribution in [0.5, 0.6) is 0 Å². The second-order valence-corrected chi connectivity index (χ2v) is 16.7. The fourth-order valence-corrected chi connectivity index (χ4v) is 7.08. The standard InChI is InChI=1S/C52H94O6/c1-4-7-10-13-16-19-22-25-28-30-33-36-39-42-45-51(54)57-48-49(58-52(55)46-43-40-37-34-31-27-24-21-18-15-12-9-6-3)47-56-50(53)44-41-38-35-32-29-26-23-20-17-14-11-8-5-2/h27-28,30-31,37,40,49H,4-26,29,32-36,38-39,41-48H2,1-3H3/b30-28-,31-27-,40-37-. The molecular weight excluding hydrogens is 721 g/mol. The third-order valence-electron chi connectivity index (χ3n) is 10.9. The summed E-state index contributed by atoms with van der Waals surface area (Å²) in [5.41, 5.74) is 0. The Labute approximate surface area is 359 Å². The molecule has 6 heteroatoms. The lowest BCUT2D eigenvalue weighted by atomic mass is 10.0. The Kier molecular flexibility index (Phi) is 45.4. The highest BCUT2D eigenvalue weighted by Crippen LogP contribution is 2.15. The number of allylic oxidation sites excluding steroid dienone is 6. The van der Waals surface area contributed by atoms with E-state index in [0.717, 1.165) is 64.2 Å². The fourth-order valence-electron chi connectivity index (χ4n) is 7.08. The molecule has 0 spiro atoms. The van der Waals surface area contributed by atoms with Crippen LogP contribution < -0.4 is 0 Å². The third-order valence-corrected chi connectivity index (χ3v) is 10.9. The Bertz CT molecular complexity index is 984. The van der Waals surface area contributed by atoms with Gasteiger partial charge in [-0.2, -0.15) is 0 Å². The summed E-state index contributed by atoms with van der Waals surface area (Å²) in [6.45, 7) is 6.57. The van der Waals surface area contributed by atoms with Gasteiger partial charge in [0.1, 0.15) is 13.2 Å². The van der Waals surface area contributed by atoms with Crippen LogP contribution in [0.4, 0.5) is 0 Å². The quantitative estimate of drug-likeness (QED) is 0.0264. The number of unbranched alkanes of at least 4 members (excludes halogenated alkanes) is 28. The Morgan fingerprint density at radius 2 is 0.655 bits per heavy atom. The van der Waals surface area contributed by atoms with Gasteiger partial charge in [-0.3, -0.25) is 14.4 Å². The highest BCUT2D eigenvalue weighted by atomic mass is 16.6. The molecule has 1 atom stereocenters. The molecule has 0 aliphatic carbocycles. The molecule has 0 amide bonds. The Morgan fingerprint density at radius 3 is 1.05 bits per heavy atom. The van der Waals surface area contributed by atoms with Crippen molar-refractivity contribution in [1.29, 1.82) is 0 Å². The summed E-state index contributed by atoms with van der Waals surface area (Å²) in [5, 5.41) is 0. The van der Waals surface area contributed by atoms with Gasteiger partial charge >= 0.3 is 17.9 Å². The molecule has 0 bridgehead atoms. The first kappa shape index (κ1) is 55.6. The lowest BCUT2D eigenvalue weighted by Gasteiger charge is -2.18. The highest BCUT2D eigenvalue weighted by molar-refractivity contribution is 5.71. The van der Waals surface area contributed by atoms with Crippen molar-refractivity contribution in [3.63, 3.8) is 0 Å². The van der Waals surface area contributed by atoms with Crippen LogP contribution in [0.15, 0.2) is 36.5 Å². The number of hydrogen-bond acceptors (Lipinski definition) is 6. The average molecular weight is 815 g/mol. The molecule has 0 heterocycles. The number of carbonyl (C=O) groups is 3. The number of hydrogen-bond donors (Lipinski definition) is 0. The number of carbonyl (C=O) groups excluding carboxylic acids is 3. The van der Waals surface area contributed by atoms with Crippen molar-refractivity contribution in [3.05, 3.63) is 36.5 Å². The lowest BCUT2D eigenvalue weighted by Crippen LogP contribution is -2.30. The van der Waals surface area contributed by atoms with Crippen LogP contribution in [0.2, 0.25) is 0 Å². The minimum Gasteiger partial charge on any atom is -0.462 e. The first-order valence-electron chi connectivity index (χ1n) is 25.0. The SMILES string of the molecule is CCCCCCCC/C=C\C/C=C\CCC(=O)OC(COC(=O)CCCCC/C=C\CCCCCCCCC)COC(=O)CCCCCCCCCCCCCCC. The van der Waals surface area contributed by atoms with E-state index in [1.165, 1.54) is 148 Å². The maximum Gasteiger partial charge on any atom is 0.306 e. The zero-order valence-corrected chi connectivity index (χ0v) is 38.6. The summed E-state index contributed by atoms with van der Waals surface area (Å²) in [6, 6.07) is 0. The molecule has 0 rings (SSSR count). The van der Waals surface area contributed by atoms with E-state index in [0.29, 0.717) is 19.3 Å². The van der Waals surface area contributed by atoms with Gasteiger partial charge < -0.3 is 14.2 Å². The van der Waals surface area contributed by atoms with E-state index >= 15 is 0 Å². The first-order valence-corrected chi connectivity index (χ1v) is 25.0. The maximum absolute atomic E-state index is 12.7. The molecule has 0 aliphatic rings. The molecule has 0 saturated heterocycles. The number of rotatable bonds is 45. The summed E-state index contributed by atoms with van der Waals surface area (Å²) >= 11 is 0. The second kappa shape index (κ2) is 47.3. The molecule has 0 aliphatic heterocycles. The number of esters is 3. The second-order valence-electron chi connectivity index (χ2n) is 16.7. The van der Waals surface area contributed by atoms with Crippen LogP contribution in [-0.4, -0.2) is 37.2 Å². The van der Waals surface area contributed by atoms with Gasteiger partial charge in [0, 0.05) is 19.3 Å². The molecule has 6 nitrogen and oxygen atoms in total. The van der Waals surface area contributed by atoms with E-state index in [1.807, 2.05) is 6.08 Å². The zero-order valence-electron chi connectivity index (χ0n) is 38.6. The monoisotopic (exact) mass is 815 g/mol. The van der Waals surface area contributed by atoms with Gasteiger partial charge in [0.25, 0.3) is 0 Å².